The highest BCUT2D eigenvalue weighted by atomic mass is 32.2. The Labute approximate surface area is 206 Å². The molecule has 1 fully saturated rings. The van der Waals surface area contributed by atoms with Crippen LogP contribution in [0.15, 0.2) is 71.8 Å². The number of anilines is 2. The molecule has 2 N–H and O–H groups in total. The number of nitrogens with zero attached hydrogens (tertiary/aromatic N) is 4. The van der Waals surface area contributed by atoms with Crippen LogP contribution in [0.25, 0.3) is 16.8 Å². The van der Waals surface area contributed by atoms with E-state index >= 15 is 0 Å². The number of fused-ring (bicyclic) bond motifs is 1. The fraction of sp³-hybridized carbons (Fsp3) is 0.308. The number of benzene rings is 2. The maximum atomic E-state index is 12.5. The van der Waals surface area contributed by atoms with Gasteiger partial charge in [0.1, 0.15) is 0 Å². The summed E-state index contributed by atoms with van der Waals surface area (Å²) in [7, 11) is -1.37. The van der Waals surface area contributed by atoms with Crippen molar-refractivity contribution < 1.29 is 8.42 Å². The number of likely N-dealkylation sites (tertiary alicyclic amines) is 1. The maximum absolute atomic E-state index is 12.5. The predicted molar refractivity (Wildman–Crippen MR) is 138 cm³/mol. The van der Waals surface area contributed by atoms with Gasteiger partial charge in [0.25, 0.3) is 0 Å². The van der Waals surface area contributed by atoms with Crippen molar-refractivity contribution in [2.24, 2.45) is 0 Å². The van der Waals surface area contributed by atoms with E-state index in [1.165, 1.54) is 18.4 Å². The summed E-state index contributed by atoms with van der Waals surface area (Å²) >= 11 is 0. The lowest BCUT2D eigenvalue weighted by molar-refractivity contribution is 0.255. The lowest BCUT2D eigenvalue weighted by atomic mass is 9.89. The van der Waals surface area contributed by atoms with E-state index in [1.54, 1.807) is 35.8 Å². The summed E-state index contributed by atoms with van der Waals surface area (Å²) in [5.41, 5.74) is 4.67. The highest BCUT2D eigenvalue weighted by Crippen LogP contribution is 2.29. The average molecular weight is 491 g/mol. The molecule has 9 heteroatoms. The molecule has 0 atom stereocenters. The normalized spacial score (nSPS) is 15.5. The summed E-state index contributed by atoms with van der Waals surface area (Å²) in [5.74, 6) is 1.08. The van der Waals surface area contributed by atoms with Crippen molar-refractivity contribution in [2.45, 2.75) is 30.6 Å². The van der Waals surface area contributed by atoms with Gasteiger partial charge >= 0.3 is 0 Å². The lowest BCUT2D eigenvalue weighted by Gasteiger charge is -2.29. The zero-order valence-electron chi connectivity index (χ0n) is 20.0. The van der Waals surface area contributed by atoms with Crippen LogP contribution in [-0.4, -0.2) is 54.6 Å². The zero-order valence-corrected chi connectivity index (χ0v) is 20.8. The van der Waals surface area contributed by atoms with Gasteiger partial charge in [0.15, 0.2) is 0 Å². The minimum atomic E-state index is -3.55. The first-order valence-corrected chi connectivity index (χ1v) is 13.4. The molecule has 1 aliphatic heterocycles. The number of hydrogen-bond acceptors (Lipinski definition) is 6. The van der Waals surface area contributed by atoms with E-state index in [9.17, 15) is 8.42 Å². The fourth-order valence-electron chi connectivity index (χ4n) is 4.58. The SMILES string of the molecule is CCNS(=O)(=O)c1cccc(-c2ccc3cnc(Nc4ccc(C5CCN(C)CC5)cc4)nn23)c1. The van der Waals surface area contributed by atoms with Crippen LogP contribution in [0.3, 0.4) is 0 Å². The Hall–Kier alpha value is -3.27. The van der Waals surface area contributed by atoms with Crippen LogP contribution in [-0.2, 0) is 10.0 Å². The van der Waals surface area contributed by atoms with Crippen molar-refractivity contribution in [3.05, 3.63) is 72.4 Å². The summed E-state index contributed by atoms with van der Waals surface area (Å²) < 4.78 is 29.2. The summed E-state index contributed by atoms with van der Waals surface area (Å²) in [6.45, 7) is 4.38. The molecule has 3 heterocycles. The monoisotopic (exact) mass is 490 g/mol. The molecule has 8 nitrogen and oxygen atoms in total. The number of nitrogens with one attached hydrogen (secondary N) is 2. The molecule has 1 saturated heterocycles. The first-order chi connectivity index (χ1) is 16.9. The van der Waals surface area contributed by atoms with Gasteiger partial charge in [-0.3, -0.25) is 0 Å². The van der Waals surface area contributed by atoms with Crippen molar-refractivity contribution in [1.82, 2.24) is 24.2 Å². The fourth-order valence-corrected chi connectivity index (χ4v) is 5.67. The highest BCUT2D eigenvalue weighted by molar-refractivity contribution is 7.89. The van der Waals surface area contributed by atoms with E-state index in [4.69, 9.17) is 0 Å². The quantitative estimate of drug-likeness (QED) is 0.403. The average Bonchev–Trinajstić information content (AvgIpc) is 3.28. The number of hydrogen-bond donors (Lipinski definition) is 2. The molecule has 0 aliphatic carbocycles. The van der Waals surface area contributed by atoms with Crippen LogP contribution in [0.5, 0.6) is 0 Å². The third-order valence-corrected chi connectivity index (χ3v) is 8.07. The first kappa shape index (κ1) is 23.5. The molecule has 2 aromatic heterocycles. The van der Waals surface area contributed by atoms with Crippen LogP contribution in [0, 0.1) is 0 Å². The molecular formula is C26H30N6O2S. The number of piperidine rings is 1. The van der Waals surface area contributed by atoms with E-state index in [0.29, 0.717) is 18.4 Å². The summed E-state index contributed by atoms with van der Waals surface area (Å²) in [6, 6.07) is 19.2. The van der Waals surface area contributed by atoms with Gasteiger partial charge in [-0.2, -0.15) is 0 Å². The standard InChI is InChI=1S/C26H30N6O2S/c1-3-28-35(33,34)24-6-4-5-21(17-24)25-12-11-23-18-27-26(30-32(23)25)29-22-9-7-19(8-10-22)20-13-15-31(2)16-14-20/h4-12,17-18,20,28H,3,13-16H2,1-2H3,(H,29,30). The molecule has 0 spiro atoms. The molecule has 0 bridgehead atoms. The number of aromatic nitrogens is 3. The minimum Gasteiger partial charge on any atom is -0.323 e. The second kappa shape index (κ2) is 9.77. The Bertz CT molecular complexity index is 1420. The molecule has 1 aliphatic rings. The van der Waals surface area contributed by atoms with E-state index in [1.807, 2.05) is 18.2 Å². The van der Waals surface area contributed by atoms with Crippen molar-refractivity contribution in [2.75, 3.05) is 32.0 Å². The van der Waals surface area contributed by atoms with E-state index < -0.39 is 10.0 Å². The van der Waals surface area contributed by atoms with Gasteiger partial charge in [0.2, 0.25) is 16.0 Å². The predicted octanol–water partition coefficient (Wildman–Crippen LogP) is 4.25. The topological polar surface area (TPSA) is 91.6 Å². The van der Waals surface area contributed by atoms with Crippen LogP contribution >= 0.6 is 0 Å². The highest BCUT2D eigenvalue weighted by Gasteiger charge is 2.18. The molecule has 35 heavy (non-hydrogen) atoms. The van der Waals surface area contributed by atoms with E-state index in [-0.39, 0.29) is 4.90 Å². The molecule has 0 saturated carbocycles. The van der Waals surface area contributed by atoms with Crippen molar-refractivity contribution in [3.8, 4) is 11.3 Å². The van der Waals surface area contributed by atoms with Crippen LogP contribution in [0.4, 0.5) is 11.6 Å². The third-order valence-electron chi connectivity index (χ3n) is 6.53. The summed E-state index contributed by atoms with van der Waals surface area (Å²) in [5, 5.41) is 7.98. The lowest BCUT2D eigenvalue weighted by Crippen LogP contribution is -2.29. The van der Waals surface area contributed by atoms with Gasteiger partial charge in [-0.1, -0.05) is 31.2 Å². The smallest absolute Gasteiger partial charge is 0.245 e. The van der Waals surface area contributed by atoms with Gasteiger partial charge in [0, 0.05) is 17.8 Å². The van der Waals surface area contributed by atoms with Gasteiger partial charge in [0.05, 0.1) is 22.3 Å². The first-order valence-electron chi connectivity index (χ1n) is 11.9. The van der Waals surface area contributed by atoms with Crippen molar-refractivity contribution in [3.63, 3.8) is 0 Å². The number of sulfonamides is 1. The second-order valence-corrected chi connectivity index (χ2v) is 10.8. The molecule has 0 unspecified atom stereocenters. The van der Waals surface area contributed by atoms with Gasteiger partial charge < -0.3 is 10.2 Å². The maximum Gasteiger partial charge on any atom is 0.245 e. The largest absolute Gasteiger partial charge is 0.323 e. The summed E-state index contributed by atoms with van der Waals surface area (Å²) in [6.07, 6.45) is 4.14. The Morgan fingerprint density at radius 1 is 1.03 bits per heavy atom. The summed E-state index contributed by atoms with van der Waals surface area (Å²) in [4.78, 5) is 7.06. The Balaban J connectivity index is 1.38. The van der Waals surface area contributed by atoms with Gasteiger partial charge in [-0.15, -0.1) is 5.10 Å². The van der Waals surface area contributed by atoms with E-state index in [2.05, 4.69) is 56.3 Å². The molecule has 182 valence electrons. The molecule has 0 amide bonds. The van der Waals surface area contributed by atoms with Crippen LogP contribution in [0.2, 0.25) is 0 Å². The van der Waals surface area contributed by atoms with Gasteiger partial charge in [-0.25, -0.2) is 22.6 Å². The van der Waals surface area contributed by atoms with Crippen molar-refractivity contribution >= 4 is 27.2 Å². The molecular weight excluding hydrogens is 460 g/mol. The van der Waals surface area contributed by atoms with Crippen LogP contribution < -0.4 is 10.0 Å². The molecule has 5 rings (SSSR count). The second-order valence-electron chi connectivity index (χ2n) is 8.99. The third kappa shape index (κ3) is 5.07. The molecule has 2 aromatic carbocycles. The van der Waals surface area contributed by atoms with Gasteiger partial charge in [-0.05, 0) is 80.9 Å². The minimum absolute atomic E-state index is 0.226. The number of rotatable bonds is 7. The molecule has 0 radical (unpaired) electrons. The van der Waals surface area contributed by atoms with Crippen molar-refractivity contribution in [1.29, 1.82) is 0 Å². The Kier molecular flexibility index (Phi) is 6.55. The molecule has 4 aromatic rings. The Morgan fingerprint density at radius 2 is 1.80 bits per heavy atom. The zero-order chi connectivity index (χ0) is 24.4. The van der Waals surface area contributed by atoms with E-state index in [0.717, 1.165) is 35.6 Å². The van der Waals surface area contributed by atoms with Crippen LogP contribution in [0.1, 0.15) is 31.2 Å². The Morgan fingerprint density at radius 3 is 2.54 bits per heavy atom.